The molecule has 3 aromatic carbocycles. The molecule has 0 aliphatic heterocycles. The number of aryl methyl sites for hydroxylation is 2. The van der Waals surface area contributed by atoms with E-state index in [-0.39, 0.29) is 5.82 Å². The van der Waals surface area contributed by atoms with Gasteiger partial charge in [0.05, 0.1) is 0 Å². The van der Waals surface area contributed by atoms with Crippen molar-refractivity contribution >= 4 is 0 Å². The van der Waals surface area contributed by atoms with Crippen molar-refractivity contribution < 1.29 is 4.39 Å². The predicted molar refractivity (Wildman–Crippen MR) is 128 cm³/mol. The third kappa shape index (κ3) is 6.05. The molecule has 158 valence electrons. The molecule has 0 bridgehead atoms. The van der Waals surface area contributed by atoms with E-state index in [0.717, 1.165) is 41.9 Å². The van der Waals surface area contributed by atoms with Gasteiger partial charge in [-0.15, -0.1) is 0 Å². The maximum atomic E-state index is 14.9. The summed E-state index contributed by atoms with van der Waals surface area (Å²) in [7, 11) is 0. The zero-order valence-electron chi connectivity index (χ0n) is 18.8. The van der Waals surface area contributed by atoms with Crippen LogP contribution in [-0.2, 0) is 12.8 Å². The minimum absolute atomic E-state index is 0.162. The molecule has 1 heteroatoms. The summed E-state index contributed by atoms with van der Waals surface area (Å²) in [5.74, 6) is 0.656. The molecule has 0 nitrogen and oxygen atoms in total. The Morgan fingerprint density at radius 1 is 0.667 bits per heavy atom. The van der Waals surface area contributed by atoms with Crippen molar-refractivity contribution in [3.8, 4) is 22.3 Å². The van der Waals surface area contributed by atoms with Crippen molar-refractivity contribution in [3.63, 3.8) is 0 Å². The topological polar surface area (TPSA) is 0 Å². The number of hydrogen-bond acceptors (Lipinski definition) is 0. The molecule has 1 atom stereocenters. The third-order valence-electron chi connectivity index (χ3n) is 6.00. The van der Waals surface area contributed by atoms with Crippen LogP contribution in [0, 0.1) is 11.7 Å². The Labute approximate surface area is 182 Å². The Balaban J connectivity index is 1.65. The van der Waals surface area contributed by atoms with Gasteiger partial charge in [-0.3, -0.25) is 0 Å². The van der Waals surface area contributed by atoms with E-state index < -0.39 is 0 Å². The van der Waals surface area contributed by atoms with Gasteiger partial charge in [-0.25, -0.2) is 4.39 Å². The molecule has 0 amide bonds. The van der Waals surface area contributed by atoms with Gasteiger partial charge in [0.15, 0.2) is 0 Å². The van der Waals surface area contributed by atoms with Crippen LogP contribution in [0.15, 0.2) is 66.7 Å². The molecule has 0 spiro atoms. The van der Waals surface area contributed by atoms with Gasteiger partial charge in [0.2, 0.25) is 0 Å². The fourth-order valence-corrected chi connectivity index (χ4v) is 4.22. The zero-order chi connectivity index (χ0) is 21.3. The van der Waals surface area contributed by atoms with Crippen LogP contribution in [0.3, 0.4) is 0 Å². The second-order valence-electron chi connectivity index (χ2n) is 8.62. The Kier molecular flexibility index (Phi) is 8.25. The molecular weight excluding hydrogens is 367 g/mol. The van der Waals surface area contributed by atoms with Crippen molar-refractivity contribution in [1.82, 2.24) is 0 Å². The lowest BCUT2D eigenvalue weighted by Crippen LogP contribution is -1.95. The van der Waals surface area contributed by atoms with Crippen molar-refractivity contribution in [2.75, 3.05) is 0 Å². The molecule has 0 radical (unpaired) electrons. The smallest absolute Gasteiger partial charge is 0.131 e. The summed E-state index contributed by atoms with van der Waals surface area (Å²) in [6.45, 7) is 6.78. The van der Waals surface area contributed by atoms with Gasteiger partial charge in [0, 0.05) is 5.56 Å². The van der Waals surface area contributed by atoms with E-state index in [1.165, 1.54) is 36.8 Å². The summed E-state index contributed by atoms with van der Waals surface area (Å²) in [5.41, 5.74) is 6.28. The van der Waals surface area contributed by atoms with Crippen molar-refractivity contribution in [1.29, 1.82) is 0 Å². The SMILES string of the molecule is CCCc1ccc(-c2ccc(-c3ccc(CCCC(C)CCC)cc3)cc2F)cc1. The van der Waals surface area contributed by atoms with Crippen molar-refractivity contribution in [2.24, 2.45) is 5.92 Å². The van der Waals surface area contributed by atoms with Crippen molar-refractivity contribution in [3.05, 3.63) is 83.7 Å². The first kappa shape index (κ1) is 22.3. The summed E-state index contributed by atoms with van der Waals surface area (Å²) >= 11 is 0. The van der Waals surface area contributed by atoms with Crippen LogP contribution < -0.4 is 0 Å². The van der Waals surface area contributed by atoms with Gasteiger partial charge in [-0.05, 0) is 59.1 Å². The number of rotatable bonds is 10. The summed E-state index contributed by atoms with van der Waals surface area (Å²) in [6.07, 6.45) is 8.44. The quantitative estimate of drug-likeness (QED) is 0.317. The van der Waals surface area contributed by atoms with E-state index in [2.05, 4.69) is 57.2 Å². The molecule has 3 rings (SSSR count). The van der Waals surface area contributed by atoms with E-state index in [4.69, 9.17) is 0 Å². The second kappa shape index (κ2) is 11.1. The minimum Gasteiger partial charge on any atom is -0.206 e. The van der Waals surface area contributed by atoms with Crippen LogP contribution in [0.5, 0.6) is 0 Å². The highest BCUT2D eigenvalue weighted by atomic mass is 19.1. The van der Waals surface area contributed by atoms with Gasteiger partial charge in [-0.2, -0.15) is 0 Å². The van der Waals surface area contributed by atoms with Crippen LogP contribution in [0.1, 0.15) is 64.0 Å². The normalized spacial score (nSPS) is 12.1. The molecule has 3 aromatic rings. The molecule has 0 fully saturated rings. The Hall–Kier alpha value is -2.41. The van der Waals surface area contributed by atoms with Crippen molar-refractivity contribution in [2.45, 2.75) is 65.7 Å². The molecule has 0 aliphatic rings. The molecule has 0 heterocycles. The standard InChI is InChI=1S/C29H35F/c1-4-7-22(3)9-6-10-24-11-15-25(16-12-24)27-19-20-28(29(30)21-27)26-17-13-23(8-5-2)14-18-26/h11-22H,4-10H2,1-3H3. The highest BCUT2D eigenvalue weighted by molar-refractivity contribution is 5.71. The van der Waals surface area contributed by atoms with Gasteiger partial charge in [-0.1, -0.05) is 107 Å². The maximum Gasteiger partial charge on any atom is 0.131 e. The van der Waals surface area contributed by atoms with Gasteiger partial charge >= 0.3 is 0 Å². The Bertz CT molecular complexity index is 906. The first-order valence-electron chi connectivity index (χ1n) is 11.6. The van der Waals surface area contributed by atoms with Gasteiger partial charge < -0.3 is 0 Å². The van der Waals surface area contributed by atoms with E-state index in [0.29, 0.717) is 5.56 Å². The summed E-state index contributed by atoms with van der Waals surface area (Å²) in [5, 5.41) is 0. The number of benzene rings is 3. The minimum atomic E-state index is -0.162. The molecule has 0 aromatic heterocycles. The first-order chi connectivity index (χ1) is 14.6. The summed E-state index contributed by atoms with van der Waals surface area (Å²) < 4.78 is 14.9. The molecule has 0 saturated carbocycles. The molecular formula is C29H35F. The molecule has 0 N–H and O–H groups in total. The molecule has 30 heavy (non-hydrogen) atoms. The number of hydrogen-bond donors (Lipinski definition) is 0. The Morgan fingerprint density at radius 2 is 1.27 bits per heavy atom. The second-order valence-corrected chi connectivity index (χ2v) is 8.62. The average Bonchev–Trinajstić information content (AvgIpc) is 2.75. The van der Waals surface area contributed by atoms with Crippen LogP contribution in [0.4, 0.5) is 4.39 Å². The lowest BCUT2D eigenvalue weighted by molar-refractivity contribution is 0.469. The van der Waals surface area contributed by atoms with E-state index in [9.17, 15) is 4.39 Å². The predicted octanol–water partition coefficient (Wildman–Crippen LogP) is 8.87. The van der Waals surface area contributed by atoms with Crippen LogP contribution in [0.25, 0.3) is 22.3 Å². The monoisotopic (exact) mass is 402 g/mol. The summed E-state index contributed by atoms with van der Waals surface area (Å²) in [4.78, 5) is 0. The van der Waals surface area contributed by atoms with E-state index >= 15 is 0 Å². The van der Waals surface area contributed by atoms with E-state index in [1.54, 1.807) is 6.07 Å². The van der Waals surface area contributed by atoms with E-state index in [1.807, 2.05) is 24.3 Å². The lowest BCUT2D eigenvalue weighted by atomic mass is 9.95. The molecule has 0 aliphatic carbocycles. The maximum absolute atomic E-state index is 14.9. The van der Waals surface area contributed by atoms with Crippen LogP contribution >= 0.6 is 0 Å². The largest absolute Gasteiger partial charge is 0.206 e. The average molecular weight is 403 g/mol. The fourth-order valence-electron chi connectivity index (χ4n) is 4.22. The van der Waals surface area contributed by atoms with Crippen LogP contribution in [-0.4, -0.2) is 0 Å². The van der Waals surface area contributed by atoms with Gasteiger partial charge in [0.1, 0.15) is 5.82 Å². The lowest BCUT2D eigenvalue weighted by Gasteiger charge is -2.10. The van der Waals surface area contributed by atoms with Gasteiger partial charge in [0.25, 0.3) is 0 Å². The fraction of sp³-hybridized carbons (Fsp3) is 0.379. The highest BCUT2D eigenvalue weighted by Gasteiger charge is 2.08. The molecule has 1 unspecified atom stereocenters. The van der Waals surface area contributed by atoms with Crippen LogP contribution in [0.2, 0.25) is 0 Å². The molecule has 0 saturated heterocycles. The Morgan fingerprint density at radius 3 is 1.87 bits per heavy atom. The number of halogens is 1. The highest BCUT2D eigenvalue weighted by Crippen LogP contribution is 2.29. The first-order valence-corrected chi connectivity index (χ1v) is 11.6. The third-order valence-corrected chi connectivity index (χ3v) is 6.00. The summed E-state index contributed by atoms with van der Waals surface area (Å²) in [6, 6.07) is 22.5. The zero-order valence-corrected chi connectivity index (χ0v) is 18.8.